The van der Waals surface area contributed by atoms with Crippen LogP contribution in [0.15, 0.2) is 12.2 Å². The van der Waals surface area contributed by atoms with Crippen molar-refractivity contribution in [2.24, 2.45) is 0 Å². The number of nitrogens with zero attached hydrogens (tertiary/aromatic N) is 1. The van der Waals surface area contributed by atoms with Crippen LogP contribution in [-0.2, 0) is 0 Å². The summed E-state index contributed by atoms with van der Waals surface area (Å²) in [5.74, 6) is 0. The fraction of sp³-hybridized carbons (Fsp3) is 0.818. The normalized spacial score (nSPS) is 27.9. The minimum Gasteiger partial charge on any atom is -0.292 e. The summed E-state index contributed by atoms with van der Waals surface area (Å²) in [6.07, 6.45) is 10.3. The van der Waals surface area contributed by atoms with Gasteiger partial charge in [-0.15, -0.1) is 0 Å². The minimum atomic E-state index is 0.505. The van der Waals surface area contributed by atoms with E-state index < -0.39 is 0 Å². The van der Waals surface area contributed by atoms with Gasteiger partial charge in [-0.2, -0.15) is 0 Å². The van der Waals surface area contributed by atoms with E-state index in [-0.39, 0.29) is 0 Å². The molecular weight excluding hydrogens is 146 g/mol. The smallest absolute Gasteiger partial charge is 0.0395 e. The Kier molecular flexibility index (Phi) is 1.99. The minimum absolute atomic E-state index is 0.505. The average molecular weight is 165 g/mol. The summed E-state index contributed by atoms with van der Waals surface area (Å²) >= 11 is 0. The lowest BCUT2D eigenvalue weighted by molar-refractivity contribution is 0.169. The van der Waals surface area contributed by atoms with E-state index in [9.17, 15) is 0 Å². The van der Waals surface area contributed by atoms with E-state index in [2.05, 4.69) is 30.9 Å². The topological polar surface area (TPSA) is 3.24 Å². The molecule has 0 aromatic heterocycles. The van der Waals surface area contributed by atoms with Crippen LogP contribution in [0.1, 0.15) is 39.5 Å². The molecule has 1 heterocycles. The average Bonchev–Trinajstić information content (AvgIpc) is 2.80. The molecule has 1 aliphatic carbocycles. The first-order valence-corrected chi connectivity index (χ1v) is 5.19. The van der Waals surface area contributed by atoms with E-state index in [0.717, 1.165) is 6.04 Å². The molecule has 12 heavy (non-hydrogen) atoms. The molecule has 0 unspecified atom stereocenters. The molecule has 1 aliphatic heterocycles. The Hall–Kier alpha value is -0.300. The fourth-order valence-electron chi connectivity index (χ4n) is 2.35. The van der Waals surface area contributed by atoms with Gasteiger partial charge in [-0.3, -0.25) is 4.90 Å². The SMILES string of the molecule is CC(C)N1CCCC=CC12CC2. The summed E-state index contributed by atoms with van der Waals surface area (Å²) in [6, 6.07) is 0.718. The maximum Gasteiger partial charge on any atom is 0.0395 e. The van der Waals surface area contributed by atoms with Crippen molar-refractivity contribution in [2.45, 2.75) is 51.1 Å². The van der Waals surface area contributed by atoms with Gasteiger partial charge in [0.25, 0.3) is 0 Å². The molecule has 0 atom stereocenters. The lowest BCUT2D eigenvalue weighted by Gasteiger charge is -2.32. The van der Waals surface area contributed by atoms with Gasteiger partial charge in [0.2, 0.25) is 0 Å². The van der Waals surface area contributed by atoms with E-state index in [1.165, 1.54) is 32.2 Å². The number of hydrogen-bond donors (Lipinski definition) is 0. The maximum absolute atomic E-state index is 2.68. The van der Waals surface area contributed by atoms with Crippen LogP contribution in [0.5, 0.6) is 0 Å². The number of rotatable bonds is 1. The third kappa shape index (κ3) is 1.31. The molecule has 0 N–H and O–H groups in total. The summed E-state index contributed by atoms with van der Waals surface area (Å²) in [6.45, 7) is 5.93. The predicted molar refractivity (Wildman–Crippen MR) is 52.2 cm³/mol. The molecule has 0 saturated heterocycles. The van der Waals surface area contributed by atoms with E-state index >= 15 is 0 Å². The largest absolute Gasteiger partial charge is 0.292 e. The molecule has 0 aromatic rings. The van der Waals surface area contributed by atoms with Crippen molar-refractivity contribution in [3.05, 3.63) is 12.2 Å². The Balaban J connectivity index is 2.14. The van der Waals surface area contributed by atoms with E-state index in [4.69, 9.17) is 0 Å². The summed E-state index contributed by atoms with van der Waals surface area (Å²) in [4.78, 5) is 2.68. The lowest BCUT2D eigenvalue weighted by Crippen LogP contribution is -2.41. The third-order valence-electron chi connectivity index (χ3n) is 3.16. The standard InChI is InChI=1S/C11H19N/c1-10(2)12-9-5-3-4-6-11(12)7-8-11/h4,6,10H,3,5,7-9H2,1-2H3. The summed E-state index contributed by atoms with van der Waals surface area (Å²) in [5, 5.41) is 0. The Bertz CT molecular complexity index is 189. The second kappa shape index (κ2) is 2.88. The van der Waals surface area contributed by atoms with E-state index in [1.807, 2.05) is 0 Å². The fourth-order valence-corrected chi connectivity index (χ4v) is 2.35. The van der Waals surface area contributed by atoms with Crippen molar-refractivity contribution in [3.8, 4) is 0 Å². The molecular formula is C11H19N. The number of allylic oxidation sites excluding steroid dienone is 1. The molecule has 1 heteroatoms. The monoisotopic (exact) mass is 165 g/mol. The van der Waals surface area contributed by atoms with Crippen molar-refractivity contribution in [1.29, 1.82) is 0 Å². The Morgan fingerprint density at radius 2 is 2.08 bits per heavy atom. The molecule has 0 aromatic carbocycles. The van der Waals surface area contributed by atoms with Crippen LogP contribution < -0.4 is 0 Å². The maximum atomic E-state index is 2.68. The molecule has 0 bridgehead atoms. The molecule has 1 saturated carbocycles. The van der Waals surface area contributed by atoms with Crippen LogP contribution >= 0.6 is 0 Å². The molecule has 1 fully saturated rings. The van der Waals surface area contributed by atoms with Crippen LogP contribution in [0.2, 0.25) is 0 Å². The Morgan fingerprint density at radius 1 is 1.33 bits per heavy atom. The summed E-state index contributed by atoms with van der Waals surface area (Å²) in [7, 11) is 0. The van der Waals surface area contributed by atoms with Gasteiger partial charge < -0.3 is 0 Å². The first-order chi connectivity index (χ1) is 5.75. The highest BCUT2D eigenvalue weighted by atomic mass is 15.2. The molecule has 68 valence electrons. The molecule has 1 spiro atoms. The van der Waals surface area contributed by atoms with Gasteiger partial charge in [0.15, 0.2) is 0 Å². The molecule has 2 rings (SSSR count). The first kappa shape index (κ1) is 8.31. The van der Waals surface area contributed by atoms with Crippen molar-refractivity contribution < 1.29 is 0 Å². The van der Waals surface area contributed by atoms with Gasteiger partial charge in [-0.05, 0) is 46.1 Å². The highest BCUT2D eigenvalue weighted by molar-refractivity contribution is 5.19. The van der Waals surface area contributed by atoms with Gasteiger partial charge in [-0.25, -0.2) is 0 Å². The van der Waals surface area contributed by atoms with Gasteiger partial charge in [-0.1, -0.05) is 12.2 Å². The van der Waals surface area contributed by atoms with Crippen molar-refractivity contribution >= 4 is 0 Å². The van der Waals surface area contributed by atoms with Crippen molar-refractivity contribution in [1.82, 2.24) is 4.90 Å². The third-order valence-corrected chi connectivity index (χ3v) is 3.16. The highest BCUT2D eigenvalue weighted by Crippen LogP contribution is 2.45. The second-order valence-corrected chi connectivity index (χ2v) is 4.44. The van der Waals surface area contributed by atoms with Gasteiger partial charge >= 0.3 is 0 Å². The van der Waals surface area contributed by atoms with E-state index in [0.29, 0.717) is 5.54 Å². The summed E-state index contributed by atoms with van der Waals surface area (Å²) in [5.41, 5.74) is 0.505. The zero-order valence-electron chi connectivity index (χ0n) is 8.21. The molecule has 2 aliphatic rings. The lowest BCUT2D eigenvalue weighted by atomic mass is 10.1. The van der Waals surface area contributed by atoms with Gasteiger partial charge in [0, 0.05) is 11.6 Å². The van der Waals surface area contributed by atoms with Gasteiger partial charge in [0.1, 0.15) is 0 Å². The number of hydrogen-bond acceptors (Lipinski definition) is 1. The second-order valence-electron chi connectivity index (χ2n) is 4.44. The quantitative estimate of drug-likeness (QED) is 0.540. The van der Waals surface area contributed by atoms with Gasteiger partial charge in [0.05, 0.1) is 0 Å². The highest BCUT2D eigenvalue weighted by Gasteiger charge is 2.46. The molecule has 1 nitrogen and oxygen atoms in total. The Labute approximate surface area is 75.4 Å². The van der Waals surface area contributed by atoms with Crippen molar-refractivity contribution in [2.75, 3.05) is 6.54 Å². The van der Waals surface area contributed by atoms with Crippen LogP contribution in [0, 0.1) is 0 Å². The zero-order chi connectivity index (χ0) is 8.60. The van der Waals surface area contributed by atoms with E-state index in [1.54, 1.807) is 0 Å². The van der Waals surface area contributed by atoms with Crippen molar-refractivity contribution in [3.63, 3.8) is 0 Å². The van der Waals surface area contributed by atoms with Crippen LogP contribution in [-0.4, -0.2) is 23.0 Å². The van der Waals surface area contributed by atoms with Crippen LogP contribution in [0.25, 0.3) is 0 Å². The first-order valence-electron chi connectivity index (χ1n) is 5.19. The van der Waals surface area contributed by atoms with Crippen LogP contribution in [0.3, 0.4) is 0 Å². The molecule has 0 amide bonds. The summed E-state index contributed by atoms with van der Waals surface area (Å²) < 4.78 is 0. The zero-order valence-corrected chi connectivity index (χ0v) is 8.21. The predicted octanol–water partition coefficient (Wildman–Crippen LogP) is 2.58. The Morgan fingerprint density at radius 3 is 2.67 bits per heavy atom. The van der Waals surface area contributed by atoms with Crippen LogP contribution in [0.4, 0.5) is 0 Å². The molecule has 0 radical (unpaired) electrons.